The summed E-state index contributed by atoms with van der Waals surface area (Å²) in [5.41, 5.74) is 2.96. The maximum Gasteiger partial charge on any atom is 0.243 e. The van der Waals surface area contributed by atoms with Crippen LogP contribution in [0.25, 0.3) is 17.1 Å². The fraction of sp³-hybridized carbons (Fsp3) is 0.158. The zero-order valence-corrected chi connectivity index (χ0v) is 13.9. The fourth-order valence-corrected chi connectivity index (χ4v) is 2.52. The Labute approximate surface area is 145 Å². The van der Waals surface area contributed by atoms with Gasteiger partial charge >= 0.3 is 0 Å². The highest BCUT2D eigenvalue weighted by Gasteiger charge is 2.02. The third-order valence-electron chi connectivity index (χ3n) is 3.63. The van der Waals surface area contributed by atoms with E-state index in [9.17, 15) is 4.79 Å². The van der Waals surface area contributed by atoms with Crippen molar-refractivity contribution >= 4 is 34.6 Å². The van der Waals surface area contributed by atoms with Gasteiger partial charge in [0.05, 0.1) is 11.0 Å². The number of fused-ring (bicyclic) bond motifs is 1. The lowest BCUT2D eigenvalue weighted by Crippen LogP contribution is -2.22. The van der Waals surface area contributed by atoms with E-state index in [2.05, 4.69) is 15.3 Å². The van der Waals surface area contributed by atoms with Gasteiger partial charge in [0, 0.05) is 24.1 Å². The number of aromatic amines is 1. The van der Waals surface area contributed by atoms with Gasteiger partial charge in [-0.15, -0.1) is 0 Å². The van der Waals surface area contributed by atoms with E-state index in [0.717, 1.165) is 35.3 Å². The molecule has 0 saturated heterocycles. The summed E-state index contributed by atoms with van der Waals surface area (Å²) in [5, 5.41) is 3.56. The molecule has 2 aromatic carbocycles. The molecule has 4 nitrogen and oxygen atoms in total. The molecule has 0 aliphatic heterocycles. The summed E-state index contributed by atoms with van der Waals surface area (Å²) >= 11 is 5.82. The lowest BCUT2D eigenvalue weighted by Gasteiger charge is -2.01. The number of aryl methyl sites for hydroxylation is 1. The lowest BCUT2D eigenvalue weighted by atomic mass is 10.2. The maximum atomic E-state index is 11.8. The average Bonchev–Trinajstić information content (AvgIpc) is 3.01. The Kier molecular flexibility index (Phi) is 5.29. The van der Waals surface area contributed by atoms with Gasteiger partial charge in [0.25, 0.3) is 0 Å². The number of carbonyl (C=O) groups excluding carboxylic acids is 1. The third-order valence-corrected chi connectivity index (χ3v) is 3.88. The Morgan fingerprint density at radius 2 is 1.96 bits per heavy atom. The van der Waals surface area contributed by atoms with Crippen molar-refractivity contribution in [3.8, 4) is 0 Å². The Morgan fingerprint density at radius 1 is 1.17 bits per heavy atom. The molecule has 1 aromatic heterocycles. The highest BCUT2D eigenvalue weighted by atomic mass is 35.5. The first kappa shape index (κ1) is 16.3. The number of nitrogens with one attached hydrogen (secondary N) is 2. The average molecular weight is 340 g/mol. The molecule has 0 fully saturated rings. The maximum absolute atomic E-state index is 11.8. The molecule has 0 bridgehead atoms. The van der Waals surface area contributed by atoms with Crippen LogP contribution in [0.2, 0.25) is 5.02 Å². The predicted molar refractivity (Wildman–Crippen MR) is 97.9 cm³/mol. The van der Waals surface area contributed by atoms with Crippen LogP contribution in [-0.4, -0.2) is 22.4 Å². The summed E-state index contributed by atoms with van der Waals surface area (Å²) in [7, 11) is 0. The molecule has 2 N–H and O–H groups in total. The molecule has 0 aliphatic rings. The molecular weight excluding hydrogens is 322 g/mol. The summed E-state index contributed by atoms with van der Waals surface area (Å²) in [6, 6.07) is 15.3. The molecule has 24 heavy (non-hydrogen) atoms. The van der Waals surface area contributed by atoms with E-state index in [0.29, 0.717) is 11.6 Å². The first-order valence-corrected chi connectivity index (χ1v) is 8.23. The smallest absolute Gasteiger partial charge is 0.243 e. The van der Waals surface area contributed by atoms with Gasteiger partial charge in [-0.2, -0.15) is 0 Å². The lowest BCUT2D eigenvalue weighted by molar-refractivity contribution is -0.116. The van der Waals surface area contributed by atoms with Gasteiger partial charge < -0.3 is 10.3 Å². The highest BCUT2D eigenvalue weighted by molar-refractivity contribution is 6.30. The number of para-hydroxylation sites is 2. The van der Waals surface area contributed by atoms with Gasteiger partial charge in [-0.05, 0) is 42.3 Å². The molecule has 0 radical (unpaired) electrons. The van der Waals surface area contributed by atoms with Crippen molar-refractivity contribution in [2.24, 2.45) is 0 Å². The Bertz CT molecular complexity index is 819. The minimum Gasteiger partial charge on any atom is -0.353 e. The summed E-state index contributed by atoms with van der Waals surface area (Å²) < 4.78 is 0. The van der Waals surface area contributed by atoms with Crippen LogP contribution in [0.3, 0.4) is 0 Å². The molecular formula is C19H18ClN3O. The quantitative estimate of drug-likeness (QED) is 0.527. The summed E-state index contributed by atoms with van der Waals surface area (Å²) in [4.78, 5) is 19.6. The first-order valence-electron chi connectivity index (χ1n) is 7.86. The van der Waals surface area contributed by atoms with E-state index in [1.54, 1.807) is 18.2 Å². The predicted octanol–water partition coefficient (Wildman–Crippen LogP) is 3.98. The van der Waals surface area contributed by atoms with Crippen molar-refractivity contribution in [3.63, 3.8) is 0 Å². The number of nitrogens with zero attached hydrogens (tertiary/aromatic N) is 1. The third kappa shape index (κ3) is 4.46. The minimum atomic E-state index is -0.102. The Balaban J connectivity index is 1.42. The number of hydrogen-bond donors (Lipinski definition) is 2. The molecule has 122 valence electrons. The van der Waals surface area contributed by atoms with Gasteiger partial charge in [0.2, 0.25) is 5.91 Å². The zero-order chi connectivity index (χ0) is 16.8. The molecule has 0 aliphatic carbocycles. The summed E-state index contributed by atoms with van der Waals surface area (Å²) in [6.07, 6.45) is 4.94. The van der Waals surface area contributed by atoms with Crippen LogP contribution in [0.4, 0.5) is 0 Å². The number of imidazole rings is 1. The van der Waals surface area contributed by atoms with Crippen LogP contribution in [0.15, 0.2) is 54.6 Å². The van der Waals surface area contributed by atoms with Crippen LogP contribution in [0.1, 0.15) is 17.8 Å². The molecule has 3 rings (SSSR count). The number of carbonyl (C=O) groups is 1. The second-order valence-corrected chi connectivity index (χ2v) is 5.92. The normalized spacial score (nSPS) is 11.2. The summed E-state index contributed by atoms with van der Waals surface area (Å²) in [5.74, 6) is 0.844. The van der Waals surface area contributed by atoms with Crippen LogP contribution < -0.4 is 5.32 Å². The number of amides is 1. The molecule has 1 heterocycles. The van der Waals surface area contributed by atoms with Gasteiger partial charge in [0.15, 0.2) is 0 Å². The van der Waals surface area contributed by atoms with E-state index in [4.69, 9.17) is 11.6 Å². The van der Waals surface area contributed by atoms with Gasteiger partial charge in [-0.25, -0.2) is 4.98 Å². The molecule has 0 saturated carbocycles. The zero-order valence-electron chi connectivity index (χ0n) is 13.1. The highest BCUT2D eigenvalue weighted by Crippen LogP contribution is 2.11. The van der Waals surface area contributed by atoms with E-state index >= 15 is 0 Å². The second-order valence-electron chi connectivity index (χ2n) is 5.48. The standard InChI is InChI=1S/C19H18ClN3O/c20-15-10-7-14(8-11-15)9-12-19(24)21-13-3-6-18-22-16-4-1-2-5-17(16)23-18/h1-2,4-5,7-12H,3,6,13H2,(H,21,24)(H,22,23)/b12-9+. The number of halogens is 1. The van der Waals surface area contributed by atoms with Gasteiger partial charge in [-0.3, -0.25) is 4.79 Å². The topological polar surface area (TPSA) is 57.8 Å². The van der Waals surface area contributed by atoms with Crippen LogP contribution in [0.5, 0.6) is 0 Å². The molecule has 0 spiro atoms. The molecule has 0 atom stereocenters. The SMILES string of the molecule is O=C(/C=C/c1ccc(Cl)cc1)NCCCc1nc2ccccc2[nH]1. The van der Waals surface area contributed by atoms with Crippen molar-refractivity contribution in [2.75, 3.05) is 6.54 Å². The Morgan fingerprint density at radius 3 is 2.75 bits per heavy atom. The van der Waals surface area contributed by atoms with E-state index < -0.39 is 0 Å². The van der Waals surface area contributed by atoms with Gasteiger partial charge in [-0.1, -0.05) is 35.9 Å². The number of rotatable bonds is 6. The number of H-pyrrole nitrogens is 1. The van der Waals surface area contributed by atoms with E-state index in [1.165, 1.54) is 6.08 Å². The van der Waals surface area contributed by atoms with Crippen LogP contribution >= 0.6 is 11.6 Å². The molecule has 0 unspecified atom stereocenters. The van der Waals surface area contributed by atoms with Crippen molar-refractivity contribution in [1.29, 1.82) is 0 Å². The van der Waals surface area contributed by atoms with Crippen molar-refractivity contribution < 1.29 is 4.79 Å². The number of hydrogen-bond acceptors (Lipinski definition) is 2. The number of benzene rings is 2. The minimum absolute atomic E-state index is 0.102. The van der Waals surface area contributed by atoms with Crippen molar-refractivity contribution in [1.82, 2.24) is 15.3 Å². The monoisotopic (exact) mass is 339 g/mol. The second kappa shape index (κ2) is 7.79. The molecule has 5 heteroatoms. The molecule has 1 amide bonds. The van der Waals surface area contributed by atoms with E-state index in [1.807, 2.05) is 36.4 Å². The molecule has 3 aromatic rings. The van der Waals surface area contributed by atoms with E-state index in [-0.39, 0.29) is 5.91 Å². The fourth-order valence-electron chi connectivity index (χ4n) is 2.40. The Hall–Kier alpha value is -2.59. The van der Waals surface area contributed by atoms with Crippen molar-refractivity contribution in [2.45, 2.75) is 12.8 Å². The van der Waals surface area contributed by atoms with Crippen LogP contribution in [0, 0.1) is 0 Å². The first-order chi connectivity index (χ1) is 11.7. The van der Waals surface area contributed by atoms with Gasteiger partial charge in [0.1, 0.15) is 5.82 Å². The largest absolute Gasteiger partial charge is 0.353 e. The van der Waals surface area contributed by atoms with Crippen molar-refractivity contribution in [3.05, 3.63) is 71.0 Å². The van der Waals surface area contributed by atoms with Crippen LogP contribution in [-0.2, 0) is 11.2 Å². The number of aromatic nitrogens is 2. The summed E-state index contributed by atoms with van der Waals surface area (Å²) in [6.45, 7) is 0.612.